The van der Waals surface area contributed by atoms with Crippen molar-refractivity contribution in [3.05, 3.63) is 35.6 Å². The van der Waals surface area contributed by atoms with E-state index in [0.717, 1.165) is 18.8 Å². The Bertz CT molecular complexity index is 441. The SMILES string of the molecule is CCC1CCCC(OCCCC(=O)c2ccc(F)cc2)C1. The number of hydrogen-bond donors (Lipinski definition) is 0. The molecule has 1 aromatic rings. The van der Waals surface area contributed by atoms with Crippen LogP contribution in [0.3, 0.4) is 0 Å². The van der Waals surface area contributed by atoms with Crippen molar-refractivity contribution in [1.29, 1.82) is 0 Å². The molecular formula is C18H25FO2. The van der Waals surface area contributed by atoms with Crippen LogP contribution in [0.5, 0.6) is 0 Å². The van der Waals surface area contributed by atoms with Crippen molar-refractivity contribution in [3.63, 3.8) is 0 Å². The van der Waals surface area contributed by atoms with Gasteiger partial charge in [-0.3, -0.25) is 4.79 Å². The van der Waals surface area contributed by atoms with Crippen molar-refractivity contribution in [2.24, 2.45) is 5.92 Å². The van der Waals surface area contributed by atoms with Crippen LogP contribution in [0.1, 0.15) is 62.2 Å². The predicted molar refractivity (Wildman–Crippen MR) is 82.0 cm³/mol. The van der Waals surface area contributed by atoms with E-state index in [4.69, 9.17) is 4.74 Å². The lowest BCUT2D eigenvalue weighted by Gasteiger charge is -2.28. The first-order chi connectivity index (χ1) is 10.2. The van der Waals surface area contributed by atoms with E-state index in [1.165, 1.54) is 37.8 Å². The molecular weight excluding hydrogens is 267 g/mol. The second-order valence-corrected chi connectivity index (χ2v) is 5.97. The third-order valence-electron chi connectivity index (χ3n) is 4.38. The number of ether oxygens (including phenoxy) is 1. The first kappa shape index (κ1) is 16.2. The van der Waals surface area contributed by atoms with Crippen molar-refractivity contribution >= 4 is 5.78 Å². The molecule has 1 saturated carbocycles. The van der Waals surface area contributed by atoms with Crippen LogP contribution >= 0.6 is 0 Å². The van der Waals surface area contributed by atoms with Crippen LogP contribution < -0.4 is 0 Å². The Labute approximate surface area is 126 Å². The molecule has 0 amide bonds. The fourth-order valence-corrected chi connectivity index (χ4v) is 3.03. The van der Waals surface area contributed by atoms with Gasteiger partial charge in [0.2, 0.25) is 0 Å². The second-order valence-electron chi connectivity index (χ2n) is 5.97. The molecule has 3 heteroatoms. The fourth-order valence-electron chi connectivity index (χ4n) is 3.03. The molecule has 116 valence electrons. The van der Waals surface area contributed by atoms with E-state index < -0.39 is 0 Å². The molecule has 2 unspecified atom stereocenters. The van der Waals surface area contributed by atoms with Crippen LogP contribution in [0.2, 0.25) is 0 Å². The third-order valence-corrected chi connectivity index (χ3v) is 4.38. The summed E-state index contributed by atoms with van der Waals surface area (Å²) in [5.41, 5.74) is 0.583. The summed E-state index contributed by atoms with van der Waals surface area (Å²) in [6.45, 7) is 2.89. The van der Waals surface area contributed by atoms with E-state index in [9.17, 15) is 9.18 Å². The van der Waals surface area contributed by atoms with Crippen LogP contribution in [0.4, 0.5) is 4.39 Å². The molecule has 2 nitrogen and oxygen atoms in total. The van der Waals surface area contributed by atoms with Gasteiger partial charge in [-0.25, -0.2) is 4.39 Å². The van der Waals surface area contributed by atoms with Gasteiger partial charge in [-0.1, -0.05) is 26.2 Å². The summed E-state index contributed by atoms with van der Waals surface area (Å²) >= 11 is 0. The van der Waals surface area contributed by atoms with E-state index in [1.807, 2.05) is 0 Å². The monoisotopic (exact) mass is 292 g/mol. The van der Waals surface area contributed by atoms with Gasteiger partial charge in [-0.2, -0.15) is 0 Å². The highest BCUT2D eigenvalue weighted by Gasteiger charge is 2.20. The number of halogens is 1. The van der Waals surface area contributed by atoms with Gasteiger partial charge in [0.1, 0.15) is 5.82 Å². The Balaban J connectivity index is 1.65. The largest absolute Gasteiger partial charge is 0.378 e. The van der Waals surface area contributed by atoms with E-state index in [0.29, 0.717) is 24.7 Å². The summed E-state index contributed by atoms with van der Waals surface area (Å²) in [6.07, 6.45) is 7.74. The zero-order chi connectivity index (χ0) is 15.1. The van der Waals surface area contributed by atoms with Crippen LogP contribution in [-0.2, 0) is 4.74 Å². The normalized spacial score (nSPS) is 22.2. The number of Topliss-reactive ketones (excluding diaryl/α,β-unsaturated/α-hetero) is 1. The van der Waals surface area contributed by atoms with Crippen molar-refractivity contribution < 1.29 is 13.9 Å². The topological polar surface area (TPSA) is 26.3 Å². The smallest absolute Gasteiger partial charge is 0.162 e. The lowest BCUT2D eigenvalue weighted by atomic mass is 9.85. The van der Waals surface area contributed by atoms with Gasteiger partial charge in [0.25, 0.3) is 0 Å². The van der Waals surface area contributed by atoms with E-state index in [2.05, 4.69) is 6.92 Å². The molecule has 1 aliphatic rings. The van der Waals surface area contributed by atoms with Gasteiger partial charge in [0.05, 0.1) is 6.10 Å². The average Bonchev–Trinajstić information content (AvgIpc) is 2.52. The molecule has 1 aromatic carbocycles. The maximum Gasteiger partial charge on any atom is 0.162 e. The molecule has 0 heterocycles. The third kappa shape index (κ3) is 5.24. The minimum Gasteiger partial charge on any atom is -0.378 e. The number of ketones is 1. The number of benzene rings is 1. The molecule has 0 bridgehead atoms. The number of hydrogen-bond acceptors (Lipinski definition) is 2. The Hall–Kier alpha value is -1.22. The maximum atomic E-state index is 12.8. The molecule has 2 atom stereocenters. The Morgan fingerprint density at radius 3 is 2.76 bits per heavy atom. The van der Waals surface area contributed by atoms with Crippen molar-refractivity contribution in [1.82, 2.24) is 0 Å². The van der Waals surface area contributed by atoms with Gasteiger partial charge < -0.3 is 4.74 Å². The highest BCUT2D eigenvalue weighted by Crippen LogP contribution is 2.28. The average molecular weight is 292 g/mol. The maximum absolute atomic E-state index is 12.8. The van der Waals surface area contributed by atoms with Gasteiger partial charge in [-0.15, -0.1) is 0 Å². The van der Waals surface area contributed by atoms with Gasteiger partial charge in [0.15, 0.2) is 5.78 Å². The molecule has 1 aliphatic carbocycles. The van der Waals surface area contributed by atoms with Gasteiger partial charge >= 0.3 is 0 Å². The molecule has 0 spiro atoms. The van der Waals surface area contributed by atoms with Crippen molar-refractivity contribution in [2.45, 2.75) is 58.0 Å². The quantitative estimate of drug-likeness (QED) is 0.534. The number of carbonyl (C=O) groups excluding carboxylic acids is 1. The van der Waals surface area contributed by atoms with Gasteiger partial charge in [-0.05, 0) is 49.4 Å². The molecule has 1 fully saturated rings. The van der Waals surface area contributed by atoms with Crippen LogP contribution in [0.25, 0.3) is 0 Å². The molecule has 21 heavy (non-hydrogen) atoms. The van der Waals surface area contributed by atoms with E-state index in [-0.39, 0.29) is 11.6 Å². The lowest BCUT2D eigenvalue weighted by molar-refractivity contribution is 0.0109. The molecule has 0 saturated heterocycles. The minimum absolute atomic E-state index is 0.0636. The van der Waals surface area contributed by atoms with Crippen LogP contribution in [0, 0.1) is 11.7 Å². The van der Waals surface area contributed by atoms with Crippen molar-refractivity contribution in [2.75, 3.05) is 6.61 Å². The minimum atomic E-state index is -0.308. The lowest BCUT2D eigenvalue weighted by Crippen LogP contribution is -2.23. The summed E-state index contributed by atoms with van der Waals surface area (Å²) < 4.78 is 18.7. The highest BCUT2D eigenvalue weighted by atomic mass is 19.1. The first-order valence-corrected chi connectivity index (χ1v) is 8.09. The molecule has 0 N–H and O–H groups in total. The summed E-state index contributed by atoms with van der Waals surface area (Å²) in [6, 6.07) is 5.75. The molecule has 0 aromatic heterocycles. The van der Waals surface area contributed by atoms with Crippen molar-refractivity contribution in [3.8, 4) is 0 Å². The summed E-state index contributed by atoms with van der Waals surface area (Å²) in [7, 11) is 0. The predicted octanol–water partition coefficient (Wildman–Crippen LogP) is 4.77. The molecule has 0 aliphatic heterocycles. The Morgan fingerprint density at radius 1 is 1.29 bits per heavy atom. The molecule has 2 rings (SSSR count). The van der Waals surface area contributed by atoms with E-state index in [1.54, 1.807) is 12.1 Å². The zero-order valence-corrected chi connectivity index (χ0v) is 12.8. The summed E-state index contributed by atoms with van der Waals surface area (Å²) in [4.78, 5) is 11.9. The standard InChI is InChI=1S/C18H25FO2/c1-2-14-5-3-6-17(13-14)21-12-4-7-18(20)15-8-10-16(19)11-9-15/h8-11,14,17H,2-7,12-13H2,1H3. The Morgan fingerprint density at radius 2 is 2.05 bits per heavy atom. The zero-order valence-electron chi connectivity index (χ0n) is 12.8. The van der Waals surface area contributed by atoms with Gasteiger partial charge in [0, 0.05) is 18.6 Å². The number of rotatable bonds is 7. The van der Waals surface area contributed by atoms with E-state index >= 15 is 0 Å². The van der Waals surface area contributed by atoms with Crippen LogP contribution in [0.15, 0.2) is 24.3 Å². The fraction of sp³-hybridized carbons (Fsp3) is 0.611. The summed E-state index contributed by atoms with van der Waals surface area (Å²) in [5, 5.41) is 0. The number of carbonyl (C=O) groups is 1. The Kier molecular flexibility index (Phi) is 6.37. The second kappa shape index (κ2) is 8.28. The molecule has 0 radical (unpaired) electrons. The first-order valence-electron chi connectivity index (χ1n) is 8.09. The summed E-state index contributed by atoms with van der Waals surface area (Å²) in [5.74, 6) is 0.566. The van der Waals surface area contributed by atoms with Crippen LogP contribution in [-0.4, -0.2) is 18.5 Å². The highest BCUT2D eigenvalue weighted by molar-refractivity contribution is 5.95.